The molecule has 0 radical (unpaired) electrons. The minimum atomic E-state index is -0.0290. The van der Waals surface area contributed by atoms with Crippen molar-refractivity contribution in [1.82, 2.24) is 4.98 Å². The van der Waals surface area contributed by atoms with Gasteiger partial charge in [0.1, 0.15) is 0 Å². The Labute approximate surface area is 81.4 Å². The van der Waals surface area contributed by atoms with Crippen molar-refractivity contribution in [2.24, 2.45) is 0 Å². The van der Waals surface area contributed by atoms with Crippen LogP contribution in [0, 0.1) is 0 Å². The number of aliphatic hydroxyl groups is 1. The number of carbonyl (C=O) groups excluding carboxylic acids is 1. The molecule has 4 heteroatoms. The van der Waals surface area contributed by atoms with Crippen LogP contribution >= 0.6 is 11.3 Å². The Bertz CT molecular complexity index is 283. The van der Waals surface area contributed by atoms with Gasteiger partial charge in [-0.3, -0.25) is 4.79 Å². The second-order valence-electron chi connectivity index (χ2n) is 2.82. The molecule has 0 aliphatic carbocycles. The lowest BCUT2D eigenvalue weighted by Gasteiger charge is -1.92. The van der Waals surface area contributed by atoms with Crippen LogP contribution in [0.4, 0.5) is 0 Å². The number of Topliss-reactive ketones (excluding diaryl/α,β-unsaturated/α-hetero) is 1. The summed E-state index contributed by atoms with van der Waals surface area (Å²) >= 11 is 1.28. The van der Waals surface area contributed by atoms with Gasteiger partial charge in [0.15, 0.2) is 10.8 Å². The van der Waals surface area contributed by atoms with E-state index in [-0.39, 0.29) is 12.4 Å². The summed E-state index contributed by atoms with van der Waals surface area (Å²) in [6, 6.07) is 0. The standard InChI is InChI=1S/C9H13NO2S/c1-2-3-4-8(12)9-10-5-7(6-11)13-9/h5,11H,2-4,6H2,1H3. The zero-order chi connectivity index (χ0) is 9.68. The Morgan fingerprint density at radius 2 is 2.46 bits per heavy atom. The third-order valence-corrected chi connectivity index (χ3v) is 2.73. The molecule has 3 nitrogen and oxygen atoms in total. The Morgan fingerprint density at radius 3 is 3.00 bits per heavy atom. The van der Waals surface area contributed by atoms with Crippen LogP contribution in [0.2, 0.25) is 0 Å². The predicted molar refractivity (Wildman–Crippen MR) is 51.9 cm³/mol. The summed E-state index contributed by atoms with van der Waals surface area (Å²) in [5, 5.41) is 9.29. The zero-order valence-electron chi connectivity index (χ0n) is 7.62. The second kappa shape index (κ2) is 5.09. The van der Waals surface area contributed by atoms with Gasteiger partial charge in [-0.2, -0.15) is 0 Å². The maximum atomic E-state index is 11.4. The normalized spacial score (nSPS) is 10.3. The first-order valence-corrected chi connectivity index (χ1v) is 5.18. The first-order chi connectivity index (χ1) is 6.27. The van der Waals surface area contributed by atoms with Gasteiger partial charge in [0.25, 0.3) is 0 Å². The van der Waals surface area contributed by atoms with Gasteiger partial charge in [-0.25, -0.2) is 4.98 Å². The number of hydrogen-bond donors (Lipinski definition) is 1. The highest BCUT2D eigenvalue weighted by atomic mass is 32.1. The third kappa shape index (κ3) is 2.90. The molecule has 0 saturated heterocycles. The minimum absolute atomic E-state index is 0.0290. The molecular formula is C9H13NO2S. The maximum Gasteiger partial charge on any atom is 0.191 e. The SMILES string of the molecule is CCCCC(=O)c1ncc(CO)s1. The van der Waals surface area contributed by atoms with Crippen LogP contribution in [-0.2, 0) is 6.61 Å². The molecule has 72 valence electrons. The summed E-state index contributed by atoms with van der Waals surface area (Å²) in [7, 11) is 0. The van der Waals surface area contributed by atoms with E-state index in [4.69, 9.17) is 5.11 Å². The van der Waals surface area contributed by atoms with Gasteiger partial charge in [-0.05, 0) is 6.42 Å². The van der Waals surface area contributed by atoms with E-state index in [1.165, 1.54) is 11.3 Å². The summed E-state index contributed by atoms with van der Waals surface area (Å²) in [5.74, 6) is 0.0894. The first-order valence-electron chi connectivity index (χ1n) is 4.36. The smallest absolute Gasteiger partial charge is 0.191 e. The Morgan fingerprint density at radius 1 is 1.69 bits per heavy atom. The molecule has 0 fully saturated rings. The van der Waals surface area contributed by atoms with Gasteiger partial charge in [0.2, 0.25) is 0 Å². The van der Waals surface area contributed by atoms with E-state index < -0.39 is 0 Å². The van der Waals surface area contributed by atoms with Crippen molar-refractivity contribution < 1.29 is 9.90 Å². The molecule has 0 atom stereocenters. The Kier molecular flexibility index (Phi) is 4.05. The van der Waals surface area contributed by atoms with Crippen molar-refractivity contribution in [2.75, 3.05) is 0 Å². The molecule has 0 aromatic carbocycles. The molecule has 0 spiro atoms. The van der Waals surface area contributed by atoms with E-state index in [0.29, 0.717) is 11.4 Å². The number of thiazole rings is 1. The van der Waals surface area contributed by atoms with E-state index in [9.17, 15) is 4.79 Å². The molecule has 1 N–H and O–H groups in total. The van der Waals surface area contributed by atoms with Gasteiger partial charge in [0, 0.05) is 12.6 Å². The fourth-order valence-corrected chi connectivity index (χ4v) is 1.69. The number of aromatic nitrogens is 1. The molecule has 1 aromatic rings. The largest absolute Gasteiger partial charge is 0.391 e. The number of aliphatic hydroxyl groups excluding tert-OH is 1. The van der Waals surface area contributed by atoms with E-state index in [0.717, 1.165) is 17.7 Å². The molecule has 1 aromatic heterocycles. The van der Waals surface area contributed by atoms with Crippen molar-refractivity contribution in [3.05, 3.63) is 16.1 Å². The summed E-state index contributed by atoms with van der Waals surface area (Å²) in [6.45, 7) is 2.02. The number of hydrogen-bond acceptors (Lipinski definition) is 4. The molecule has 0 bridgehead atoms. The molecule has 0 aliphatic heterocycles. The van der Waals surface area contributed by atoms with E-state index in [2.05, 4.69) is 4.98 Å². The quantitative estimate of drug-likeness (QED) is 0.738. The Balaban J connectivity index is 2.55. The van der Waals surface area contributed by atoms with Crippen molar-refractivity contribution in [2.45, 2.75) is 32.8 Å². The molecule has 0 unspecified atom stereocenters. The van der Waals surface area contributed by atoms with Crippen LogP contribution < -0.4 is 0 Å². The van der Waals surface area contributed by atoms with Crippen molar-refractivity contribution in [3.8, 4) is 0 Å². The van der Waals surface area contributed by atoms with Crippen LogP contribution in [0.15, 0.2) is 6.20 Å². The third-order valence-electron chi connectivity index (χ3n) is 1.71. The molecule has 0 saturated carbocycles. The van der Waals surface area contributed by atoms with Gasteiger partial charge in [0.05, 0.1) is 11.5 Å². The average Bonchev–Trinajstić information content (AvgIpc) is 2.62. The topological polar surface area (TPSA) is 50.2 Å². The summed E-state index contributed by atoms with van der Waals surface area (Å²) in [4.78, 5) is 16.1. The number of ketones is 1. The summed E-state index contributed by atoms with van der Waals surface area (Å²) in [5.41, 5.74) is 0. The minimum Gasteiger partial charge on any atom is -0.391 e. The lowest BCUT2D eigenvalue weighted by molar-refractivity contribution is 0.0979. The van der Waals surface area contributed by atoms with Gasteiger partial charge in [-0.15, -0.1) is 11.3 Å². The number of carbonyl (C=O) groups is 1. The van der Waals surface area contributed by atoms with Crippen molar-refractivity contribution >= 4 is 17.1 Å². The van der Waals surface area contributed by atoms with Crippen LogP contribution in [0.5, 0.6) is 0 Å². The summed E-state index contributed by atoms with van der Waals surface area (Å²) < 4.78 is 0. The summed E-state index contributed by atoms with van der Waals surface area (Å²) in [6.07, 6.45) is 4.05. The lowest BCUT2D eigenvalue weighted by atomic mass is 10.2. The molecule has 0 aliphatic rings. The van der Waals surface area contributed by atoms with E-state index >= 15 is 0 Å². The fourth-order valence-electron chi connectivity index (χ4n) is 0.954. The van der Waals surface area contributed by atoms with Gasteiger partial charge >= 0.3 is 0 Å². The molecular weight excluding hydrogens is 186 g/mol. The highest BCUT2D eigenvalue weighted by Gasteiger charge is 2.09. The number of nitrogens with zero attached hydrogens (tertiary/aromatic N) is 1. The van der Waals surface area contributed by atoms with Crippen molar-refractivity contribution in [1.29, 1.82) is 0 Å². The number of rotatable bonds is 5. The lowest BCUT2D eigenvalue weighted by Crippen LogP contribution is -1.96. The molecule has 1 rings (SSSR count). The zero-order valence-corrected chi connectivity index (χ0v) is 8.43. The fraction of sp³-hybridized carbons (Fsp3) is 0.556. The molecule has 0 amide bonds. The number of unbranched alkanes of at least 4 members (excludes halogenated alkanes) is 1. The molecule has 13 heavy (non-hydrogen) atoms. The van der Waals surface area contributed by atoms with E-state index in [1.54, 1.807) is 6.20 Å². The maximum absolute atomic E-state index is 11.4. The predicted octanol–water partition coefficient (Wildman–Crippen LogP) is 2.01. The van der Waals surface area contributed by atoms with Crippen LogP contribution in [0.1, 0.15) is 40.9 Å². The Hall–Kier alpha value is -0.740. The highest BCUT2D eigenvalue weighted by molar-refractivity contribution is 7.13. The highest BCUT2D eigenvalue weighted by Crippen LogP contribution is 2.15. The van der Waals surface area contributed by atoms with Crippen LogP contribution in [0.3, 0.4) is 0 Å². The van der Waals surface area contributed by atoms with Crippen molar-refractivity contribution in [3.63, 3.8) is 0 Å². The van der Waals surface area contributed by atoms with Crippen LogP contribution in [0.25, 0.3) is 0 Å². The molecule has 1 heterocycles. The van der Waals surface area contributed by atoms with Gasteiger partial charge in [-0.1, -0.05) is 13.3 Å². The van der Waals surface area contributed by atoms with Gasteiger partial charge < -0.3 is 5.11 Å². The average molecular weight is 199 g/mol. The first kappa shape index (κ1) is 10.3. The van der Waals surface area contributed by atoms with Crippen LogP contribution in [-0.4, -0.2) is 15.9 Å². The van der Waals surface area contributed by atoms with E-state index in [1.807, 2.05) is 6.92 Å². The second-order valence-corrected chi connectivity index (χ2v) is 3.93. The monoisotopic (exact) mass is 199 g/mol.